The third kappa shape index (κ3) is 4.70. The van der Waals surface area contributed by atoms with Crippen molar-refractivity contribution in [3.8, 4) is 0 Å². The molecule has 7 heteroatoms. The molecule has 104 valence electrons. The van der Waals surface area contributed by atoms with E-state index in [1.54, 1.807) is 13.8 Å². The van der Waals surface area contributed by atoms with E-state index in [-0.39, 0.29) is 12.8 Å². The van der Waals surface area contributed by atoms with Gasteiger partial charge in [0.1, 0.15) is 6.04 Å². The van der Waals surface area contributed by atoms with E-state index in [9.17, 15) is 14.4 Å². The standard InChI is InChI=1S/C11H20N2O5/c1-3-11(12,4-2)10(18)13-7(9(16)17)5-6-8(14)15/h7H,3-6,12H2,1-2H3,(H,13,18)(H,14,15)(H,16,17)/t7-/m0/s1. The van der Waals surface area contributed by atoms with Gasteiger partial charge in [-0.1, -0.05) is 13.8 Å². The maximum absolute atomic E-state index is 11.8. The lowest BCUT2D eigenvalue weighted by Crippen LogP contribution is -2.56. The van der Waals surface area contributed by atoms with Crippen LogP contribution in [0.15, 0.2) is 0 Å². The lowest BCUT2D eigenvalue weighted by molar-refractivity contribution is -0.144. The Morgan fingerprint density at radius 3 is 2.06 bits per heavy atom. The predicted molar refractivity (Wildman–Crippen MR) is 63.9 cm³/mol. The van der Waals surface area contributed by atoms with Gasteiger partial charge in [-0.2, -0.15) is 0 Å². The van der Waals surface area contributed by atoms with E-state index in [0.29, 0.717) is 12.8 Å². The molecule has 0 heterocycles. The Kier molecular flexibility index (Phi) is 6.32. The van der Waals surface area contributed by atoms with Crippen molar-refractivity contribution < 1.29 is 24.6 Å². The molecule has 0 fully saturated rings. The average molecular weight is 260 g/mol. The Hall–Kier alpha value is -1.63. The average Bonchev–Trinajstić information content (AvgIpc) is 2.32. The molecule has 0 bridgehead atoms. The first-order chi connectivity index (χ1) is 8.26. The van der Waals surface area contributed by atoms with Gasteiger partial charge in [0.05, 0.1) is 5.54 Å². The smallest absolute Gasteiger partial charge is 0.326 e. The SMILES string of the molecule is CCC(N)(CC)C(=O)N[C@@H](CCC(=O)O)C(=O)O. The van der Waals surface area contributed by atoms with E-state index in [1.165, 1.54) is 0 Å². The van der Waals surface area contributed by atoms with E-state index >= 15 is 0 Å². The summed E-state index contributed by atoms with van der Waals surface area (Å²) in [5, 5.41) is 19.7. The molecule has 0 saturated heterocycles. The second-order valence-corrected chi connectivity index (χ2v) is 4.16. The van der Waals surface area contributed by atoms with Crippen LogP contribution in [0.1, 0.15) is 39.5 Å². The van der Waals surface area contributed by atoms with Crippen molar-refractivity contribution in [3.63, 3.8) is 0 Å². The van der Waals surface area contributed by atoms with Crippen molar-refractivity contribution in [2.24, 2.45) is 5.73 Å². The molecule has 0 aromatic carbocycles. The van der Waals surface area contributed by atoms with Crippen molar-refractivity contribution in [3.05, 3.63) is 0 Å². The molecule has 0 unspecified atom stereocenters. The Bertz CT molecular complexity index is 325. The number of nitrogens with one attached hydrogen (secondary N) is 1. The van der Waals surface area contributed by atoms with Crippen molar-refractivity contribution >= 4 is 17.8 Å². The van der Waals surface area contributed by atoms with Gasteiger partial charge in [-0.3, -0.25) is 9.59 Å². The zero-order valence-electron chi connectivity index (χ0n) is 10.6. The van der Waals surface area contributed by atoms with Crippen LogP contribution in [-0.4, -0.2) is 39.6 Å². The number of hydrogen-bond donors (Lipinski definition) is 4. The van der Waals surface area contributed by atoms with Crippen LogP contribution in [0.2, 0.25) is 0 Å². The molecule has 1 amide bonds. The zero-order valence-corrected chi connectivity index (χ0v) is 10.6. The lowest BCUT2D eigenvalue weighted by Gasteiger charge is -2.27. The Balaban J connectivity index is 4.63. The maximum atomic E-state index is 11.8. The van der Waals surface area contributed by atoms with Crippen LogP contribution in [0.4, 0.5) is 0 Å². The molecule has 0 aliphatic rings. The second kappa shape index (κ2) is 6.95. The molecular formula is C11H20N2O5. The van der Waals surface area contributed by atoms with E-state index in [2.05, 4.69) is 5.32 Å². The summed E-state index contributed by atoms with van der Waals surface area (Å²) in [5.41, 5.74) is 4.71. The van der Waals surface area contributed by atoms with Crippen molar-refractivity contribution in [2.75, 3.05) is 0 Å². The molecule has 0 aliphatic heterocycles. The summed E-state index contributed by atoms with van der Waals surface area (Å²) in [6.07, 6.45) is 0.258. The molecule has 1 atom stereocenters. The number of aliphatic carboxylic acids is 2. The fraction of sp³-hybridized carbons (Fsp3) is 0.727. The summed E-state index contributed by atoms with van der Waals surface area (Å²) in [5.74, 6) is -2.94. The summed E-state index contributed by atoms with van der Waals surface area (Å²) in [4.78, 5) is 33.1. The molecule has 0 rings (SSSR count). The minimum atomic E-state index is -1.26. The third-order valence-corrected chi connectivity index (χ3v) is 2.96. The monoisotopic (exact) mass is 260 g/mol. The number of carbonyl (C=O) groups is 3. The maximum Gasteiger partial charge on any atom is 0.326 e. The first-order valence-electron chi connectivity index (χ1n) is 5.81. The van der Waals surface area contributed by atoms with Gasteiger partial charge in [-0.05, 0) is 19.3 Å². The molecule has 0 radical (unpaired) electrons. The highest BCUT2D eigenvalue weighted by Crippen LogP contribution is 2.12. The lowest BCUT2D eigenvalue weighted by atomic mass is 9.92. The third-order valence-electron chi connectivity index (χ3n) is 2.96. The van der Waals surface area contributed by atoms with E-state index in [0.717, 1.165) is 0 Å². The molecule has 0 saturated carbocycles. The Morgan fingerprint density at radius 2 is 1.72 bits per heavy atom. The molecule has 7 nitrogen and oxygen atoms in total. The second-order valence-electron chi connectivity index (χ2n) is 4.16. The van der Waals surface area contributed by atoms with Gasteiger partial charge in [-0.15, -0.1) is 0 Å². The van der Waals surface area contributed by atoms with Crippen LogP contribution >= 0.6 is 0 Å². The highest BCUT2D eigenvalue weighted by molar-refractivity contribution is 5.90. The topological polar surface area (TPSA) is 130 Å². The molecule has 0 spiro atoms. The van der Waals surface area contributed by atoms with Gasteiger partial charge >= 0.3 is 11.9 Å². The molecule has 18 heavy (non-hydrogen) atoms. The van der Waals surface area contributed by atoms with Crippen LogP contribution in [0.3, 0.4) is 0 Å². The Labute approximate surface area is 105 Å². The first kappa shape index (κ1) is 16.4. The van der Waals surface area contributed by atoms with E-state index in [1.807, 2.05) is 0 Å². The molecule has 0 aromatic heterocycles. The van der Waals surface area contributed by atoms with Gasteiger partial charge < -0.3 is 21.3 Å². The van der Waals surface area contributed by atoms with Gasteiger partial charge in [-0.25, -0.2) is 4.79 Å². The van der Waals surface area contributed by atoms with E-state index in [4.69, 9.17) is 15.9 Å². The summed E-state index contributed by atoms with van der Waals surface area (Å²) in [6, 6.07) is -1.23. The van der Waals surface area contributed by atoms with Crippen LogP contribution in [0, 0.1) is 0 Å². The minimum absolute atomic E-state index is 0.167. The first-order valence-corrected chi connectivity index (χ1v) is 5.81. The molecule has 0 aromatic rings. The highest BCUT2D eigenvalue weighted by Gasteiger charge is 2.33. The van der Waals surface area contributed by atoms with Crippen molar-refractivity contribution in [1.82, 2.24) is 5.32 Å². The van der Waals surface area contributed by atoms with Gasteiger partial charge in [0.2, 0.25) is 5.91 Å². The number of carboxylic acids is 2. The largest absolute Gasteiger partial charge is 0.481 e. The number of carbonyl (C=O) groups excluding carboxylic acids is 1. The number of carboxylic acid groups (broad SMARTS) is 2. The van der Waals surface area contributed by atoms with Crippen LogP contribution in [0.5, 0.6) is 0 Å². The van der Waals surface area contributed by atoms with Crippen LogP contribution < -0.4 is 11.1 Å². The van der Waals surface area contributed by atoms with Crippen molar-refractivity contribution in [2.45, 2.75) is 51.1 Å². The summed E-state index contributed by atoms with van der Waals surface area (Å²) < 4.78 is 0. The van der Waals surface area contributed by atoms with Crippen LogP contribution in [0.25, 0.3) is 0 Å². The van der Waals surface area contributed by atoms with Gasteiger partial charge in [0.15, 0.2) is 0 Å². The zero-order chi connectivity index (χ0) is 14.3. The number of nitrogens with two attached hydrogens (primary N) is 1. The van der Waals surface area contributed by atoms with Crippen LogP contribution in [-0.2, 0) is 14.4 Å². The Morgan fingerprint density at radius 1 is 1.22 bits per heavy atom. The number of rotatable bonds is 8. The summed E-state index contributed by atoms with van der Waals surface area (Å²) in [6.45, 7) is 3.46. The fourth-order valence-electron chi connectivity index (χ4n) is 1.40. The number of amides is 1. The summed E-state index contributed by atoms with van der Waals surface area (Å²) >= 11 is 0. The number of hydrogen-bond acceptors (Lipinski definition) is 4. The molecular weight excluding hydrogens is 240 g/mol. The summed E-state index contributed by atoms with van der Waals surface area (Å²) in [7, 11) is 0. The van der Waals surface area contributed by atoms with Crippen molar-refractivity contribution in [1.29, 1.82) is 0 Å². The fourth-order valence-corrected chi connectivity index (χ4v) is 1.40. The van der Waals surface area contributed by atoms with E-state index < -0.39 is 29.4 Å². The molecule has 0 aliphatic carbocycles. The highest BCUT2D eigenvalue weighted by atomic mass is 16.4. The van der Waals surface area contributed by atoms with Gasteiger partial charge in [0.25, 0.3) is 0 Å². The molecule has 5 N–H and O–H groups in total. The quantitative estimate of drug-likeness (QED) is 0.483. The minimum Gasteiger partial charge on any atom is -0.481 e. The predicted octanol–water partition coefficient (Wildman–Crippen LogP) is -0.0619. The van der Waals surface area contributed by atoms with Gasteiger partial charge in [0, 0.05) is 6.42 Å². The normalized spacial score (nSPS) is 12.8.